The number of carbonyl (C=O) groups is 1. The molecular formula is C17H16N2O4S2. The Hall–Kier alpha value is -2.19. The zero-order valence-corrected chi connectivity index (χ0v) is 15.1. The number of furan rings is 1. The standard InChI is InChI=1S/C17H16N2O4S2/c1-17(8-9-25(21,22)10-17)19-15(20)12-6-7-13(23-12)16-18-11-4-2-3-5-14(11)24-16/h2-7H,8-10H2,1H3,(H,19,20)/t17-/m1/s1. The van der Waals surface area contributed by atoms with Gasteiger partial charge in [-0.05, 0) is 37.6 Å². The molecule has 0 saturated carbocycles. The van der Waals surface area contributed by atoms with Crippen molar-refractivity contribution in [3.05, 3.63) is 42.2 Å². The van der Waals surface area contributed by atoms with Crippen LogP contribution in [0.1, 0.15) is 23.9 Å². The van der Waals surface area contributed by atoms with E-state index in [1.54, 1.807) is 19.1 Å². The van der Waals surface area contributed by atoms with Gasteiger partial charge in [0, 0.05) is 0 Å². The normalized spacial score (nSPS) is 22.3. The first-order valence-corrected chi connectivity index (χ1v) is 10.5. The van der Waals surface area contributed by atoms with E-state index in [0.717, 1.165) is 10.2 Å². The summed E-state index contributed by atoms with van der Waals surface area (Å²) < 4.78 is 30.0. The maximum atomic E-state index is 12.4. The van der Waals surface area contributed by atoms with Crippen LogP contribution < -0.4 is 5.32 Å². The van der Waals surface area contributed by atoms with Gasteiger partial charge in [-0.1, -0.05) is 12.1 Å². The topological polar surface area (TPSA) is 89.3 Å². The van der Waals surface area contributed by atoms with Crippen molar-refractivity contribution in [1.82, 2.24) is 10.3 Å². The second-order valence-corrected chi connectivity index (χ2v) is 9.72. The molecule has 1 aromatic carbocycles. The predicted octanol–water partition coefficient (Wildman–Crippen LogP) is 2.86. The Balaban J connectivity index is 1.55. The summed E-state index contributed by atoms with van der Waals surface area (Å²) in [6, 6.07) is 11.1. The summed E-state index contributed by atoms with van der Waals surface area (Å²) in [6.45, 7) is 1.74. The number of thiazole rings is 1. The summed E-state index contributed by atoms with van der Waals surface area (Å²) in [4.78, 5) is 16.9. The third-order valence-corrected chi connectivity index (χ3v) is 7.21. The van der Waals surface area contributed by atoms with E-state index in [1.165, 1.54) is 11.3 Å². The van der Waals surface area contributed by atoms with Crippen LogP contribution >= 0.6 is 11.3 Å². The van der Waals surface area contributed by atoms with Gasteiger partial charge in [-0.25, -0.2) is 13.4 Å². The molecule has 0 spiro atoms. The molecule has 3 heterocycles. The van der Waals surface area contributed by atoms with Gasteiger partial charge in [0.2, 0.25) is 0 Å². The summed E-state index contributed by atoms with van der Waals surface area (Å²) >= 11 is 1.49. The fraction of sp³-hybridized carbons (Fsp3) is 0.294. The van der Waals surface area contributed by atoms with Gasteiger partial charge in [-0.3, -0.25) is 4.79 Å². The minimum atomic E-state index is -3.09. The van der Waals surface area contributed by atoms with Crippen molar-refractivity contribution in [1.29, 1.82) is 0 Å². The quantitative estimate of drug-likeness (QED) is 0.759. The Morgan fingerprint density at radius 2 is 2.08 bits per heavy atom. The maximum absolute atomic E-state index is 12.4. The van der Waals surface area contributed by atoms with Crippen molar-refractivity contribution in [2.45, 2.75) is 18.9 Å². The first kappa shape index (κ1) is 16.3. The molecule has 1 aliphatic heterocycles. The number of nitrogens with one attached hydrogen (secondary N) is 1. The number of rotatable bonds is 3. The van der Waals surface area contributed by atoms with Crippen LogP contribution in [0.5, 0.6) is 0 Å². The molecule has 1 saturated heterocycles. The smallest absolute Gasteiger partial charge is 0.287 e. The van der Waals surface area contributed by atoms with Gasteiger partial charge in [0.1, 0.15) is 0 Å². The number of hydrogen-bond donors (Lipinski definition) is 1. The molecule has 1 fully saturated rings. The average Bonchev–Trinajstić information content (AvgIpc) is 3.24. The van der Waals surface area contributed by atoms with Crippen LogP contribution in [0.3, 0.4) is 0 Å². The Bertz CT molecular complexity index is 1030. The maximum Gasteiger partial charge on any atom is 0.287 e. The average molecular weight is 376 g/mol. The molecule has 0 bridgehead atoms. The van der Waals surface area contributed by atoms with Crippen molar-refractivity contribution >= 4 is 37.3 Å². The van der Waals surface area contributed by atoms with Crippen LogP contribution in [0.15, 0.2) is 40.8 Å². The van der Waals surface area contributed by atoms with Crippen LogP contribution in [0.2, 0.25) is 0 Å². The molecule has 8 heteroatoms. The highest BCUT2D eigenvalue weighted by molar-refractivity contribution is 7.91. The van der Waals surface area contributed by atoms with Gasteiger partial charge >= 0.3 is 0 Å². The van der Waals surface area contributed by atoms with Gasteiger partial charge in [0.15, 0.2) is 26.4 Å². The van der Waals surface area contributed by atoms with Crippen LogP contribution in [0.4, 0.5) is 0 Å². The van der Waals surface area contributed by atoms with E-state index in [-0.39, 0.29) is 17.3 Å². The second kappa shape index (κ2) is 5.67. The SMILES string of the molecule is C[C@@]1(NC(=O)c2ccc(-c3nc4ccccc4s3)o2)CCS(=O)(=O)C1. The summed E-state index contributed by atoms with van der Waals surface area (Å²) in [5.74, 6) is 0.318. The number of aromatic nitrogens is 1. The van der Waals surface area contributed by atoms with Gasteiger partial charge in [-0.15, -0.1) is 11.3 Å². The lowest BCUT2D eigenvalue weighted by molar-refractivity contribution is 0.0887. The number of benzene rings is 1. The fourth-order valence-corrected chi connectivity index (χ4v) is 6.02. The first-order chi connectivity index (χ1) is 11.8. The Labute approximate surface area is 148 Å². The number of nitrogens with zero attached hydrogens (tertiary/aromatic N) is 1. The van der Waals surface area contributed by atoms with E-state index < -0.39 is 21.3 Å². The monoisotopic (exact) mass is 376 g/mol. The molecular weight excluding hydrogens is 360 g/mol. The molecule has 0 unspecified atom stereocenters. The fourth-order valence-electron chi connectivity index (χ4n) is 3.00. The van der Waals surface area contributed by atoms with Crippen molar-refractivity contribution < 1.29 is 17.6 Å². The van der Waals surface area contributed by atoms with E-state index in [0.29, 0.717) is 17.2 Å². The van der Waals surface area contributed by atoms with Gasteiger partial charge in [-0.2, -0.15) is 0 Å². The lowest BCUT2D eigenvalue weighted by atomic mass is 10.0. The highest BCUT2D eigenvalue weighted by atomic mass is 32.2. The highest BCUT2D eigenvalue weighted by Crippen LogP contribution is 2.31. The molecule has 1 N–H and O–H groups in total. The number of carbonyl (C=O) groups excluding carboxylic acids is 1. The summed E-state index contributed by atoms with van der Waals surface area (Å²) in [7, 11) is -3.09. The van der Waals surface area contributed by atoms with Gasteiger partial charge < -0.3 is 9.73 Å². The van der Waals surface area contributed by atoms with E-state index >= 15 is 0 Å². The third kappa shape index (κ3) is 3.19. The highest BCUT2D eigenvalue weighted by Gasteiger charge is 2.40. The molecule has 1 amide bonds. The summed E-state index contributed by atoms with van der Waals surface area (Å²) in [5, 5.41) is 3.49. The number of sulfone groups is 1. The molecule has 1 aliphatic rings. The molecule has 3 aromatic rings. The molecule has 25 heavy (non-hydrogen) atoms. The van der Waals surface area contributed by atoms with E-state index in [4.69, 9.17) is 4.42 Å². The first-order valence-electron chi connectivity index (χ1n) is 7.82. The lowest BCUT2D eigenvalue weighted by Crippen LogP contribution is -2.46. The Morgan fingerprint density at radius 1 is 1.28 bits per heavy atom. The lowest BCUT2D eigenvalue weighted by Gasteiger charge is -2.23. The Morgan fingerprint density at radius 3 is 2.80 bits per heavy atom. The molecule has 1 atom stereocenters. The van der Waals surface area contributed by atoms with Crippen LogP contribution in [0, 0.1) is 0 Å². The minimum absolute atomic E-state index is 0.0445. The van der Waals surface area contributed by atoms with E-state index in [2.05, 4.69) is 10.3 Å². The summed E-state index contributed by atoms with van der Waals surface area (Å²) in [6.07, 6.45) is 0.409. The third-order valence-electron chi connectivity index (χ3n) is 4.25. The largest absolute Gasteiger partial charge is 0.448 e. The van der Waals surface area contributed by atoms with Crippen molar-refractivity contribution in [3.63, 3.8) is 0 Å². The summed E-state index contributed by atoms with van der Waals surface area (Å²) in [5.41, 5.74) is 0.132. The Kier molecular flexibility index (Phi) is 3.69. The van der Waals surface area contributed by atoms with E-state index in [9.17, 15) is 13.2 Å². The van der Waals surface area contributed by atoms with Crippen molar-refractivity contribution in [2.24, 2.45) is 0 Å². The van der Waals surface area contributed by atoms with Gasteiger partial charge in [0.25, 0.3) is 5.91 Å². The van der Waals surface area contributed by atoms with Crippen LogP contribution in [0.25, 0.3) is 21.0 Å². The molecule has 6 nitrogen and oxygen atoms in total. The predicted molar refractivity (Wildman–Crippen MR) is 96.5 cm³/mol. The zero-order chi connectivity index (χ0) is 17.7. The number of fused-ring (bicyclic) bond motifs is 1. The number of hydrogen-bond acceptors (Lipinski definition) is 6. The molecule has 4 rings (SSSR count). The van der Waals surface area contributed by atoms with Gasteiger partial charge in [0.05, 0.1) is 27.3 Å². The van der Waals surface area contributed by atoms with E-state index in [1.807, 2.05) is 24.3 Å². The number of para-hydroxylation sites is 1. The van der Waals surface area contributed by atoms with Crippen molar-refractivity contribution in [3.8, 4) is 10.8 Å². The molecule has 0 radical (unpaired) electrons. The molecule has 0 aliphatic carbocycles. The second-order valence-electron chi connectivity index (χ2n) is 6.51. The van der Waals surface area contributed by atoms with Crippen LogP contribution in [-0.4, -0.2) is 36.4 Å². The number of amides is 1. The molecule has 130 valence electrons. The zero-order valence-electron chi connectivity index (χ0n) is 13.5. The molecule has 2 aromatic heterocycles. The van der Waals surface area contributed by atoms with Crippen LogP contribution in [-0.2, 0) is 9.84 Å². The minimum Gasteiger partial charge on any atom is -0.448 e. The van der Waals surface area contributed by atoms with Crippen molar-refractivity contribution in [2.75, 3.05) is 11.5 Å².